The Labute approximate surface area is 124 Å². The molecule has 0 aliphatic heterocycles. The fourth-order valence-corrected chi connectivity index (χ4v) is 1.70. The van der Waals surface area contributed by atoms with Crippen molar-refractivity contribution in [2.75, 3.05) is 5.32 Å². The fraction of sp³-hybridized carbons (Fsp3) is 0. The summed E-state index contributed by atoms with van der Waals surface area (Å²) in [7, 11) is 0. The number of hydrogen-bond acceptors (Lipinski definition) is 4. The third-order valence-corrected chi connectivity index (χ3v) is 2.92. The number of carboxylic acids is 1. The van der Waals surface area contributed by atoms with Crippen molar-refractivity contribution >= 4 is 29.2 Å². The highest BCUT2D eigenvalue weighted by Crippen LogP contribution is 2.23. The first-order chi connectivity index (χ1) is 10.0. The molecule has 6 nitrogen and oxygen atoms in total. The number of aromatic nitrogens is 1. The van der Waals surface area contributed by atoms with Crippen LogP contribution in [0.2, 0.25) is 5.02 Å². The summed E-state index contributed by atoms with van der Waals surface area (Å²) in [6.45, 7) is 0. The van der Waals surface area contributed by atoms with Gasteiger partial charge in [-0.15, -0.1) is 0 Å². The predicted molar refractivity (Wildman–Crippen MR) is 75.3 cm³/mol. The van der Waals surface area contributed by atoms with E-state index in [1.54, 1.807) is 0 Å². The van der Waals surface area contributed by atoms with E-state index in [9.17, 15) is 9.59 Å². The maximum absolute atomic E-state index is 12.0. The number of carboxylic acid groups (broad SMARTS) is 1. The molecule has 21 heavy (non-hydrogen) atoms. The Hall–Kier alpha value is -2.91. The number of nitrogens with one attached hydrogen (secondary N) is 1. The van der Waals surface area contributed by atoms with Gasteiger partial charge in [0.1, 0.15) is 5.69 Å². The van der Waals surface area contributed by atoms with E-state index in [0.717, 1.165) is 6.20 Å². The van der Waals surface area contributed by atoms with E-state index >= 15 is 0 Å². The van der Waals surface area contributed by atoms with Crippen molar-refractivity contribution in [1.29, 1.82) is 5.26 Å². The van der Waals surface area contributed by atoms with Gasteiger partial charge >= 0.3 is 5.97 Å². The number of amides is 1. The first kappa shape index (κ1) is 14.5. The number of rotatable bonds is 3. The average Bonchev–Trinajstić information content (AvgIpc) is 2.49. The zero-order valence-electron chi connectivity index (χ0n) is 10.5. The summed E-state index contributed by atoms with van der Waals surface area (Å²) in [6.07, 6.45) is 1.09. The number of carbonyl (C=O) groups is 2. The molecule has 0 spiro atoms. The third kappa shape index (κ3) is 3.35. The van der Waals surface area contributed by atoms with E-state index in [-0.39, 0.29) is 22.0 Å². The second kappa shape index (κ2) is 6.03. The maximum atomic E-state index is 12.0. The van der Waals surface area contributed by atoms with Crippen molar-refractivity contribution in [3.05, 3.63) is 58.4 Å². The molecule has 0 saturated carbocycles. The number of nitrogens with zero attached hydrogens (tertiary/aromatic N) is 2. The van der Waals surface area contributed by atoms with E-state index in [1.807, 2.05) is 6.07 Å². The lowest BCUT2D eigenvalue weighted by Crippen LogP contribution is -2.14. The lowest BCUT2D eigenvalue weighted by atomic mass is 10.2. The molecule has 0 fully saturated rings. The van der Waals surface area contributed by atoms with Gasteiger partial charge in [0.05, 0.1) is 27.9 Å². The zero-order chi connectivity index (χ0) is 15.4. The monoisotopic (exact) mass is 301 g/mol. The Balaban J connectivity index is 2.22. The molecule has 1 amide bonds. The highest BCUT2D eigenvalue weighted by atomic mass is 35.5. The maximum Gasteiger partial charge on any atom is 0.337 e. The molecule has 0 radical (unpaired) electrons. The van der Waals surface area contributed by atoms with Gasteiger partial charge in [-0.1, -0.05) is 11.6 Å². The first-order valence-corrected chi connectivity index (χ1v) is 6.09. The third-order valence-electron chi connectivity index (χ3n) is 2.59. The molecular formula is C14H8ClN3O3. The van der Waals surface area contributed by atoms with Crippen molar-refractivity contribution in [2.24, 2.45) is 0 Å². The van der Waals surface area contributed by atoms with Crippen LogP contribution < -0.4 is 5.32 Å². The van der Waals surface area contributed by atoms with Crippen LogP contribution in [0.3, 0.4) is 0 Å². The SMILES string of the molecule is N#Cc1ccc(Cl)c(NC(=O)c2ccc(C(=O)O)cn2)c1. The van der Waals surface area contributed by atoms with Crippen LogP contribution in [-0.2, 0) is 0 Å². The van der Waals surface area contributed by atoms with E-state index in [4.69, 9.17) is 22.0 Å². The minimum atomic E-state index is -1.13. The smallest absolute Gasteiger partial charge is 0.337 e. The lowest BCUT2D eigenvalue weighted by Gasteiger charge is -2.07. The number of halogens is 1. The molecule has 0 aliphatic carbocycles. The number of benzene rings is 1. The summed E-state index contributed by atoms with van der Waals surface area (Å²) < 4.78 is 0. The molecule has 0 atom stereocenters. The molecular weight excluding hydrogens is 294 g/mol. The van der Waals surface area contributed by atoms with Gasteiger partial charge in [-0.2, -0.15) is 5.26 Å². The Morgan fingerprint density at radius 1 is 1.29 bits per heavy atom. The highest BCUT2D eigenvalue weighted by molar-refractivity contribution is 6.34. The molecule has 104 valence electrons. The molecule has 1 aromatic heterocycles. The molecule has 0 aliphatic rings. The van der Waals surface area contributed by atoms with Crippen molar-refractivity contribution < 1.29 is 14.7 Å². The second-order valence-corrected chi connectivity index (χ2v) is 4.41. The average molecular weight is 302 g/mol. The Kier molecular flexibility index (Phi) is 4.16. The second-order valence-electron chi connectivity index (χ2n) is 4.00. The zero-order valence-corrected chi connectivity index (χ0v) is 11.3. The van der Waals surface area contributed by atoms with Gasteiger partial charge in [0, 0.05) is 6.20 Å². The van der Waals surface area contributed by atoms with E-state index in [0.29, 0.717) is 5.56 Å². The van der Waals surface area contributed by atoms with Crippen LogP contribution >= 0.6 is 11.6 Å². The topological polar surface area (TPSA) is 103 Å². The minimum absolute atomic E-state index is 0.0175. The van der Waals surface area contributed by atoms with Crippen LogP contribution in [0.5, 0.6) is 0 Å². The molecule has 2 N–H and O–H groups in total. The van der Waals surface area contributed by atoms with Gasteiger partial charge in [0.15, 0.2) is 0 Å². The van der Waals surface area contributed by atoms with Crippen LogP contribution in [0, 0.1) is 11.3 Å². The molecule has 0 unspecified atom stereocenters. The Morgan fingerprint density at radius 3 is 2.62 bits per heavy atom. The molecule has 1 aromatic carbocycles. The number of hydrogen-bond donors (Lipinski definition) is 2. The van der Waals surface area contributed by atoms with Gasteiger partial charge in [0.2, 0.25) is 0 Å². The quantitative estimate of drug-likeness (QED) is 0.906. The van der Waals surface area contributed by atoms with Gasteiger partial charge in [0.25, 0.3) is 5.91 Å². The lowest BCUT2D eigenvalue weighted by molar-refractivity contribution is 0.0696. The summed E-state index contributed by atoms with van der Waals surface area (Å²) in [5, 5.41) is 20.4. The molecule has 2 rings (SSSR count). The number of carbonyl (C=O) groups excluding carboxylic acids is 1. The number of anilines is 1. The van der Waals surface area contributed by atoms with Gasteiger partial charge in [-0.3, -0.25) is 9.78 Å². The van der Waals surface area contributed by atoms with Crippen LogP contribution in [0.4, 0.5) is 5.69 Å². The largest absolute Gasteiger partial charge is 0.478 e. The summed E-state index contributed by atoms with van der Waals surface area (Å²) in [6, 6.07) is 8.96. The minimum Gasteiger partial charge on any atom is -0.478 e. The molecule has 1 heterocycles. The molecule has 7 heteroatoms. The Morgan fingerprint density at radius 2 is 2.05 bits per heavy atom. The summed E-state index contributed by atoms with van der Waals surface area (Å²) in [5.41, 5.74) is 0.656. The van der Waals surface area contributed by atoms with Crippen LogP contribution in [0.25, 0.3) is 0 Å². The van der Waals surface area contributed by atoms with Crippen molar-refractivity contribution in [3.63, 3.8) is 0 Å². The standard InChI is InChI=1S/C14H8ClN3O3/c15-10-3-1-8(6-16)5-12(10)18-13(19)11-4-2-9(7-17-11)14(20)21/h1-5,7H,(H,18,19)(H,20,21). The normalized spacial score (nSPS) is 9.71. The van der Waals surface area contributed by atoms with Crippen molar-refractivity contribution in [1.82, 2.24) is 4.98 Å². The van der Waals surface area contributed by atoms with E-state index in [1.165, 1.54) is 30.3 Å². The molecule has 0 bridgehead atoms. The molecule has 0 saturated heterocycles. The predicted octanol–water partition coefficient (Wildman–Crippen LogP) is 2.56. The summed E-state index contributed by atoms with van der Waals surface area (Å²) in [5.74, 6) is -1.68. The van der Waals surface area contributed by atoms with Crippen molar-refractivity contribution in [2.45, 2.75) is 0 Å². The Bertz CT molecular complexity index is 751. The summed E-state index contributed by atoms with van der Waals surface area (Å²) >= 11 is 5.93. The summed E-state index contributed by atoms with van der Waals surface area (Å²) in [4.78, 5) is 26.5. The van der Waals surface area contributed by atoms with Gasteiger partial charge < -0.3 is 10.4 Å². The highest BCUT2D eigenvalue weighted by Gasteiger charge is 2.12. The van der Waals surface area contributed by atoms with Gasteiger partial charge in [-0.05, 0) is 30.3 Å². The van der Waals surface area contributed by atoms with Crippen molar-refractivity contribution in [3.8, 4) is 6.07 Å². The number of pyridine rings is 1. The van der Waals surface area contributed by atoms with E-state index in [2.05, 4.69) is 10.3 Å². The fourth-order valence-electron chi connectivity index (χ4n) is 1.53. The number of aromatic carboxylic acids is 1. The van der Waals surface area contributed by atoms with Crippen LogP contribution in [0.15, 0.2) is 36.5 Å². The first-order valence-electron chi connectivity index (χ1n) is 5.71. The number of nitriles is 1. The van der Waals surface area contributed by atoms with Crippen LogP contribution in [-0.4, -0.2) is 22.0 Å². The van der Waals surface area contributed by atoms with Crippen LogP contribution in [0.1, 0.15) is 26.4 Å². The van der Waals surface area contributed by atoms with Gasteiger partial charge in [-0.25, -0.2) is 4.79 Å². The van der Waals surface area contributed by atoms with E-state index < -0.39 is 11.9 Å². The molecule has 2 aromatic rings.